The second kappa shape index (κ2) is 6.49. The molecule has 6 heteroatoms. The number of carbonyl (C=O) groups excluding carboxylic acids is 1. The molecule has 0 aliphatic carbocycles. The monoisotopic (exact) mass is 304 g/mol. The van der Waals surface area contributed by atoms with E-state index in [0.29, 0.717) is 18.4 Å². The Balaban J connectivity index is 2.40. The van der Waals surface area contributed by atoms with Crippen molar-refractivity contribution in [3.05, 3.63) is 56.3 Å². The first-order chi connectivity index (χ1) is 10.0. The number of non-ortho nitro benzene ring substituents is 1. The maximum Gasteiger partial charge on any atom is 0.270 e. The average molecular weight is 304 g/mol. The van der Waals surface area contributed by atoms with E-state index in [9.17, 15) is 14.9 Å². The fourth-order valence-corrected chi connectivity index (χ4v) is 2.83. The van der Waals surface area contributed by atoms with E-state index in [2.05, 4.69) is 4.90 Å². The lowest BCUT2D eigenvalue weighted by Crippen LogP contribution is -2.30. The standard InChI is InChI=1S/C15H16N2O3S/c1-11(2)16(9-14-4-3-7-21-14)15-6-5-13(17(19)20)8-12(15)10-18/h3-8,10-11H,9H2,1-2H3. The number of anilines is 1. The molecule has 0 N–H and O–H groups in total. The van der Waals surface area contributed by atoms with Gasteiger partial charge in [-0.1, -0.05) is 6.07 Å². The van der Waals surface area contributed by atoms with Crippen LogP contribution in [0.2, 0.25) is 0 Å². The number of hydrogen-bond acceptors (Lipinski definition) is 5. The van der Waals surface area contributed by atoms with Crippen molar-refractivity contribution < 1.29 is 9.72 Å². The van der Waals surface area contributed by atoms with Crippen LogP contribution in [0.4, 0.5) is 11.4 Å². The van der Waals surface area contributed by atoms with Crippen LogP contribution in [-0.4, -0.2) is 17.3 Å². The average Bonchev–Trinajstić information content (AvgIpc) is 2.96. The predicted octanol–water partition coefficient (Wildman–Crippen LogP) is 3.88. The molecule has 0 aliphatic rings. The van der Waals surface area contributed by atoms with Gasteiger partial charge in [0.15, 0.2) is 6.29 Å². The summed E-state index contributed by atoms with van der Waals surface area (Å²) >= 11 is 1.65. The highest BCUT2D eigenvalue weighted by atomic mass is 32.1. The largest absolute Gasteiger partial charge is 0.363 e. The van der Waals surface area contributed by atoms with Crippen LogP contribution < -0.4 is 4.90 Å². The van der Waals surface area contributed by atoms with Crippen molar-refractivity contribution in [2.24, 2.45) is 0 Å². The zero-order valence-electron chi connectivity index (χ0n) is 11.9. The molecule has 1 heterocycles. The molecule has 110 valence electrons. The first kappa shape index (κ1) is 15.2. The molecule has 0 spiro atoms. The van der Waals surface area contributed by atoms with Crippen LogP contribution in [0.25, 0.3) is 0 Å². The topological polar surface area (TPSA) is 63.4 Å². The van der Waals surface area contributed by atoms with Crippen LogP contribution in [0.5, 0.6) is 0 Å². The maximum atomic E-state index is 11.3. The molecule has 0 saturated carbocycles. The van der Waals surface area contributed by atoms with Crippen molar-refractivity contribution in [3.8, 4) is 0 Å². The first-order valence-electron chi connectivity index (χ1n) is 6.55. The third kappa shape index (κ3) is 3.46. The Kier molecular flexibility index (Phi) is 4.70. The normalized spacial score (nSPS) is 10.6. The van der Waals surface area contributed by atoms with Gasteiger partial charge < -0.3 is 4.90 Å². The zero-order valence-corrected chi connectivity index (χ0v) is 12.7. The van der Waals surface area contributed by atoms with Crippen LogP contribution in [0.15, 0.2) is 35.7 Å². The summed E-state index contributed by atoms with van der Waals surface area (Å²) < 4.78 is 0. The second-order valence-corrected chi connectivity index (χ2v) is 5.95. The summed E-state index contributed by atoms with van der Waals surface area (Å²) in [5, 5.41) is 12.8. The van der Waals surface area contributed by atoms with Crippen LogP contribution in [-0.2, 0) is 6.54 Å². The first-order valence-corrected chi connectivity index (χ1v) is 7.43. The molecule has 1 aromatic carbocycles. The second-order valence-electron chi connectivity index (χ2n) is 4.92. The highest BCUT2D eigenvalue weighted by Gasteiger charge is 2.18. The number of benzene rings is 1. The number of rotatable bonds is 6. The molecule has 21 heavy (non-hydrogen) atoms. The fourth-order valence-electron chi connectivity index (χ4n) is 2.13. The van der Waals surface area contributed by atoms with E-state index >= 15 is 0 Å². The molecule has 0 saturated heterocycles. The Labute approximate surface area is 127 Å². The number of aldehydes is 1. The van der Waals surface area contributed by atoms with Crippen molar-refractivity contribution in [2.45, 2.75) is 26.4 Å². The Bertz CT molecular complexity index is 638. The van der Waals surface area contributed by atoms with E-state index in [-0.39, 0.29) is 11.7 Å². The summed E-state index contributed by atoms with van der Waals surface area (Å²) in [4.78, 5) is 24.9. The van der Waals surface area contributed by atoms with Crippen molar-refractivity contribution in [1.29, 1.82) is 0 Å². The Hall–Kier alpha value is -2.21. The Morgan fingerprint density at radius 2 is 2.14 bits per heavy atom. The minimum Gasteiger partial charge on any atom is -0.363 e. The van der Waals surface area contributed by atoms with Gasteiger partial charge in [-0.3, -0.25) is 14.9 Å². The van der Waals surface area contributed by atoms with E-state index in [0.717, 1.165) is 5.69 Å². The van der Waals surface area contributed by atoms with Gasteiger partial charge in [0, 0.05) is 34.3 Å². The van der Waals surface area contributed by atoms with E-state index in [4.69, 9.17) is 0 Å². The van der Waals surface area contributed by atoms with Gasteiger partial charge in [0.05, 0.1) is 11.5 Å². The summed E-state index contributed by atoms with van der Waals surface area (Å²) in [7, 11) is 0. The SMILES string of the molecule is CC(C)N(Cc1cccs1)c1ccc([N+](=O)[O-])cc1C=O. The molecule has 2 rings (SSSR count). The van der Waals surface area contributed by atoms with E-state index < -0.39 is 4.92 Å². The van der Waals surface area contributed by atoms with E-state index in [1.54, 1.807) is 17.4 Å². The summed E-state index contributed by atoms with van der Waals surface area (Å²) in [5.74, 6) is 0. The van der Waals surface area contributed by atoms with E-state index in [1.807, 2.05) is 31.4 Å². The van der Waals surface area contributed by atoms with Crippen LogP contribution in [0, 0.1) is 10.1 Å². The van der Waals surface area contributed by atoms with Gasteiger partial charge in [0.25, 0.3) is 5.69 Å². The minimum absolute atomic E-state index is 0.0688. The number of nitro groups is 1. The van der Waals surface area contributed by atoms with Gasteiger partial charge >= 0.3 is 0 Å². The highest BCUT2D eigenvalue weighted by Crippen LogP contribution is 2.28. The number of nitro benzene ring substituents is 1. The smallest absolute Gasteiger partial charge is 0.270 e. The van der Waals surface area contributed by atoms with Crippen molar-refractivity contribution in [2.75, 3.05) is 4.90 Å². The molecule has 0 atom stereocenters. The highest BCUT2D eigenvalue weighted by molar-refractivity contribution is 7.09. The lowest BCUT2D eigenvalue weighted by Gasteiger charge is -2.29. The lowest BCUT2D eigenvalue weighted by atomic mass is 10.1. The van der Waals surface area contributed by atoms with Crippen LogP contribution in [0.3, 0.4) is 0 Å². The molecular formula is C15H16N2O3S. The molecule has 0 fully saturated rings. The molecule has 0 unspecified atom stereocenters. The number of nitrogens with zero attached hydrogens (tertiary/aromatic N) is 2. The fraction of sp³-hybridized carbons (Fsp3) is 0.267. The molecule has 5 nitrogen and oxygen atoms in total. The third-order valence-electron chi connectivity index (χ3n) is 3.19. The maximum absolute atomic E-state index is 11.3. The van der Waals surface area contributed by atoms with Gasteiger partial charge in [-0.15, -0.1) is 11.3 Å². The zero-order chi connectivity index (χ0) is 15.4. The van der Waals surface area contributed by atoms with Gasteiger partial charge in [-0.05, 0) is 31.4 Å². The quantitative estimate of drug-likeness (QED) is 0.461. The third-order valence-corrected chi connectivity index (χ3v) is 4.05. The Morgan fingerprint density at radius 3 is 2.67 bits per heavy atom. The van der Waals surface area contributed by atoms with Gasteiger partial charge in [0.2, 0.25) is 0 Å². The van der Waals surface area contributed by atoms with Crippen LogP contribution >= 0.6 is 11.3 Å². The molecule has 1 aromatic heterocycles. The van der Waals surface area contributed by atoms with Gasteiger partial charge in [0.1, 0.15) is 0 Å². The number of hydrogen-bond donors (Lipinski definition) is 0. The number of thiophene rings is 1. The summed E-state index contributed by atoms with van der Waals surface area (Å²) in [5.41, 5.74) is 0.995. The molecule has 0 aliphatic heterocycles. The van der Waals surface area contributed by atoms with Crippen molar-refractivity contribution in [1.82, 2.24) is 0 Å². The number of carbonyl (C=O) groups is 1. The summed E-state index contributed by atoms with van der Waals surface area (Å²) in [6, 6.07) is 8.60. The molecular weight excluding hydrogens is 288 g/mol. The minimum atomic E-state index is -0.490. The lowest BCUT2D eigenvalue weighted by molar-refractivity contribution is -0.384. The summed E-state index contributed by atoms with van der Waals surface area (Å²) in [6.07, 6.45) is 0.673. The van der Waals surface area contributed by atoms with Gasteiger partial charge in [-0.25, -0.2) is 0 Å². The van der Waals surface area contributed by atoms with Crippen LogP contribution in [0.1, 0.15) is 29.1 Å². The molecule has 0 bridgehead atoms. The molecule has 2 aromatic rings. The Morgan fingerprint density at radius 1 is 1.38 bits per heavy atom. The predicted molar refractivity (Wildman–Crippen MR) is 84.1 cm³/mol. The van der Waals surface area contributed by atoms with Gasteiger partial charge in [-0.2, -0.15) is 0 Å². The van der Waals surface area contributed by atoms with Crippen molar-refractivity contribution in [3.63, 3.8) is 0 Å². The van der Waals surface area contributed by atoms with E-state index in [1.165, 1.54) is 17.0 Å². The molecule has 0 amide bonds. The van der Waals surface area contributed by atoms with Crippen molar-refractivity contribution >= 4 is 29.0 Å². The molecule has 0 radical (unpaired) electrons. The summed E-state index contributed by atoms with van der Waals surface area (Å²) in [6.45, 7) is 4.74.